The first-order valence-electron chi connectivity index (χ1n) is 5.69. The van der Waals surface area contributed by atoms with Crippen molar-refractivity contribution in [3.05, 3.63) is 34.5 Å². The lowest BCUT2D eigenvalue weighted by atomic mass is 10.3. The van der Waals surface area contributed by atoms with Crippen molar-refractivity contribution in [2.75, 3.05) is 6.54 Å². The summed E-state index contributed by atoms with van der Waals surface area (Å²) in [6.45, 7) is 2.09. The molecule has 108 valence electrons. The van der Waals surface area contributed by atoms with Crippen molar-refractivity contribution in [1.29, 1.82) is 0 Å². The summed E-state index contributed by atoms with van der Waals surface area (Å²) in [5.74, 6) is -0.162. The fraction of sp³-hybridized carbons (Fsp3) is 0.273. The van der Waals surface area contributed by atoms with Crippen molar-refractivity contribution in [2.24, 2.45) is 5.14 Å². The van der Waals surface area contributed by atoms with E-state index in [4.69, 9.17) is 9.66 Å². The second-order valence-electron chi connectivity index (χ2n) is 4.11. The fourth-order valence-electron chi connectivity index (χ4n) is 1.53. The molecule has 0 aromatic carbocycles. The number of primary sulfonamides is 1. The van der Waals surface area contributed by atoms with Crippen LogP contribution in [0, 0.1) is 6.92 Å². The Labute approximate surface area is 119 Å². The Morgan fingerprint density at radius 3 is 2.80 bits per heavy atom. The first-order valence-corrected chi connectivity index (χ1v) is 8.05. The maximum atomic E-state index is 11.7. The summed E-state index contributed by atoms with van der Waals surface area (Å²) < 4.78 is 27.2. The highest BCUT2D eigenvalue weighted by Gasteiger charge is 2.14. The van der Waals surface area contributed by atoms with Gasteiger partial charge in [-0.3, -0.25) is 4.79 Å². The third kappa shape index (κ3) is 3.44. The summed E-state index contributed by atoms with van der Waals surface area (Å²) in [6.07, 6.45) is 1.98. The van der Waals surface area contributed by atoms with Crippen molar-refractivity contribution < 1.29 is 17.7 Å². The highest BCUT2D eigenvalue weighted by molar-refractivity contribution is 7.91. The van der Waals surface area contributed by atoms with Crippen LogP contribution in [0.1, 0.15) is 21.0 Å². The Morgan fingerprint density at radius 1 is 1.50 bits per heavy atom. The van der Waals surface area contributed by atoms with E-state index in [-0.39, 0.29) is 15.9 Å². The lowest BCUT2D eigenvalue weighted by Gasteiger charge is -2.01. The van der Waals surface area contributed by atoms with Gasteiger partial charge in [0.05, 0.1) is 6.20 Å². The number of carbonyl (C=O) groups excluding carboxylic acids is 1. The summed E-state index contributed by atoms with van der Waals surface area (Å²) >= 11 is 1.09. The van der Waals surface area contributed by atoms with Gasteiger partial charge < -0.3 is 9.84 Å². The average molecular weight is 315 g/mol. The van der Waals surface area contributed by atoms with Crippen LogP contribution in [0.25, 0.3) is 0 Å². The van der Waals surface area contributed by atoms with Crippen LogP contribution in [-0.2, 0) is 16.4 Å². The number of aromatic nitrogens is 1. The molecule has 0 bridgehead atoms. The number of thiophene rings is 1. The molecule has 0 aliphatic heterocycles. The summed E-state index contributed by atoms with van der Waals surface area (Å²) in [5.41, 5.74) is 0.662. The van der Waals surface area contributed by atoms with Gasteiger partial charge in [-0.15, -0.1) is 11.3 Å². The van der Waals surface area contributed by atoms with Crippen LogP contribution >= 0.6 is 11.3 Å². The molecule has 2 heterocycles. The zero-order valence-electron chi connectivity index (χ0n) is 10.6. The lowest BCUT2D eigenvalue weighted by Crippen LogP contribution is -2.25. The van der Waals surface area contributed by atoms with Gasteiger partial charge in [0.2, 0.25) is 15.8 Å². The minimum atomic E-state index is -3.66. The Morgan fingerprint density at radius 2 is 2.25 bits per heavy atom. The van der Waals surface area contributed by atoms with Crippen LogP contribution in [0.4, 0.5) is 0 Å². The largest absolute Gasteiger partial charge is 0.351 e. The number of carbonyl (C=O) groups is 1. The van der Waals surface area contributed by atoms with Crippen LogP contribution < -0.4 is 10.5 Å². The van der Waals surface area contributed by atoms with E-state index in [1.165, 1.54) is 12.3 Å². The van der Waals surface area contributed by atoms with Crippen LogP contribution in [0.3, 0.4) is 0 Å². The van der Waals surface area contributed by atoms with E-state index in [0.717, 1.165) is 16.2 Å². The predicted molar refractivity (Wildman–Crippen MR) is 73.0 cm³/mol. The third-order valence-electron chi connectivity index (χ3n) is 2.53. The zero-order valence-corrected chi connectivity index (χ0v) is 12.3. The van der Waals surface area contributed by atoms with Crippen LogP contribution in [0.15, 0.2) is 27.1 Å². The summed E-state index contributed by atoms with van der Waals surface area (Å²) in [5, 5.41) is 11.2. The molecule has 1 amide bonds. The van der Waals surface area contributed by atoms with Crippen molar-refractivity contribution >= 4 is 27.3 Å². The van der Waals surface area contributed by atoms with Crippen molar-refractivity contribution in [3.8, 4) is 0 Å². The maximum absolute atomic E-state index is 11.7. The summed E-state index contributed by atoms with van der Waals surface area (Å²) in [4.78, 5) is 12.5. The SMILES string of the molecule is Cc1cnoc1C(=O)NCCc1ccc(S(N)(=O)=O)s1. The summed E-state index contributed by atoms with van der Waals surface area (Å²) in [7, 11) is -3.66. The quantitative estimate of drug-likeness (QED) is 0.841. The molecule has 9 heteroatoms. The molecule has 0 aliphatic carbocycles. The standard InChI is InChI=1S/C11H13N3O4S2/c1-7-6-14-18-10(7)11(15)13-5-4-8-2-3-9(19-8)20(12,16)17/h2-3,6H,4-5H2,1H3,(H,13,15)(H2,12,16,17). The number of nitrogens with zero attached hydrogens (tertiary/aromatic N) is 1. The first-order chi connectivity index (χ1) is 9.38. The molecular weight excluding hydrogens is 302 g/mol. The van der Waals surface area contributed by atoms with E-state index >= 15 is 0 Å². The van der Waals surface area contributed by atoms with E-state index in [1.54, 1.807) is 13.0 Å². The van der Waals surface area contributed by atoms with Crippen LogP contribution in [0.5, 0.6) is 0 Å². The van der Waals surface area contributed by atoms with Crippen LogP contribution in [0.2, 0.25) is 0 Å². The maximum Gasteiger partial charge on any atom is 0.290 e. The van der Waals surface area contributed by atoms with Gasteiger partial charge in [-0.05, 0) is 25.5 Å². The van der Waals surface area contributed by atoms with E-state index < -0.39 is 10.0 Å². The lowest BCUT2D eigenvalue weighted by molar-refractivity contribution is 0.0916. The van der Waals surface area contributed by atoms with E-state index in [2.05, 4.69) is 10.5 Å². The monoisotopic (exact) mass is 315 g/mol. The van der Waals surface area contributed by atoms with Crippen molar-refractivity contribution in [3.63, 3.8) is 0 Å². The average Bonchev–Trinajstić information content (AvgIpc) is 2.97. The molecule has 2 aromatic rings. The van der Waals surface area contributed by atoms with Crippen molar-refractivity contribution in [2.45, 2.75) is 17.6 Å². The number of amides is 1. The molecule has 0 radical (unpaired) electrons. The number of hydrogen-bond donors (Lipinski definition) is 2. The smallest absolute Gasteiger partial charge is 0.290 e. The van der Waals surface area contributed by atoms with Gasteiger partial charge in [0, 0.05) is 17.0 Å². The fourth-order valence-corrected chi connectivity index (χ4v) is 3.31. The van der Waals surface area contributed by atoms with Gasteiger partial charge in [-0.2, -0.15) is 0 Å². The second kappa shape index (κ2) is 5.73. The number of nitrogens with one attached hydrogen (secondary N) is 1. The van der Waals surface area contributed by atoms with Gasteiger partial charge in [0.1, 0.15) is 4.21 Å². The van der Waals surface area contributed by atoms with E-state index in [9.17, 15) is 13.2 Å². The second-order valence-corrected chi connectivity index (χ2v) is 7.07. The van der Waals surface area contributed by atoms with Gasteiger partial charge >= 0.3 is 0 Å². The first kappa shape index (κ1) is 14.7. The molecular formula is C11H13N3O4S2. The molecule has 2 rings (SSSR count). The highest BCUT2D eigenvalue weighted by atomic mass is 32.2. The number of sulfonamides is 1. The molecule has 0 spiro atoms. The Hall–Kier alpha value is -1.71. The molecule has 0 unspecified atom stereocenters. The van der Waals surface area contributed by atoms with Gasteiger partial charge in [0.15, 0.2) is 0 Å². The number of aryl methyl sites for hydroxylation is 1. The number of nitrogens with two attached hydrogens (primary N) is 1. The molecule has 2 aromatic heterocycles. The molecule has 0 fully saturated rings. The number of rotatable bonds is 5. The summed E-state index contributed by atoms with van der Waals surface area (Å²) in [6, 6.07) is 3.13. The van der Waals surface area contributed by atoms with Gasteiger partial charge in [-0.1, -0.05) is 5.16 Å². The Balaban J connectivity index is 1.89. The van der Waals surface area contributed by atoms with E-state index in [1.807, 2.05) is 0 Å². The normalized spacial score (nSPS) is 11.5. The predicted octanol–water partition coefficient (Wildman–Crippen LogP) is 0.664. The van der Waals surface area contributed by atoms with Crippen molar-refractivity contribution in [1.82, 2.24) is 10.5 Å². The zero-order chi connectivity index (χ0) is 14.8. The molecule has 0 atom stereocenters. The molecule has 0 saturated heterocycles. The highest BCUT2D eigenvalue weighted by Crippen LogP contribution is 2.20. The van der Waals surface area contributed by atoms with Gasteiger partial charge in [0.25, 0.3) is 5.91 Å². The minimum Gasteiger partial charge on any atom is -0.351 e. The van der Waals surface area contributed by atoms with Crippen LogP contribution in [-0.4, -0.2) is 26.0 Å². The Kier molecular flexibility index (Phi) is 4.21. The molecule has 7 nitrogen and oxygen atoms in total. The Bertz CT molecular complexity index is 718. The molecule has 0 saturated carbocycles. The van der Waals surface area contributed by atoms with E-state index in [0.29, 0.717) is 18.5 Å². The topological polar surface area (TPSA) is 115 Å². The molecule has 3 N–H and O–H groups in total. The molecule has 0 aliphatic rings. The van der Waals surface area contributed by atoms with Gasteiger partial charge in [-0.25, -0.2) is 13.6 Å². The number of hydrogen-bond acceptors (Lipinski definition) is 6. The molecule has 20 heavy (non-hydrogen) atoms. The third-order valence-corrected chi connectivity index (χ3v) is 5.11. The minimum absolute atomic E-state index is 0.116.